The Morgan fingerprint density at radius 2 is 1.96 bits per heavy atom. The predicted octanol–water partition coefficient (Wildman–Crippen LogP) is 3.82. The van der Waals surface area contributed by atoms with Crippen LogP contribution in [-0.4, -0.2) is 34.6 Å². The summed E-state index contributed by atoms with van der Waals surface area (Å²) in [5.74, 6) is 0.825. The summed E-state index contributed by atoms with van der Waals surface area (Å²) in [5, 5.41) is 0. The van der Waals surface area contributed by atoms with Gasteiger partial charge in [-0.1, -0.05) is 18.2 Å². The fourth-order valence-corrected chi connectivity index (χ4v) is 2.73. The minimum atomic E-state index is -4.34. The average molecular weight is 321 g/mol. The van der Waals surface area contributed by atoms with Crippen molar-refractivity contribution in [3.05, 3.63) is 47.9 Å². The first-order valence-corrected chi connectivity index (χ1v) is 7.43. The van der Waals surface area contributed by atoms with E-state index in [4.69, 9.17) is 0 Å². The summed E-state index contributed by atoms with van der Waals surface area (Å²) >= 11 is 0. The first-order chi connectivity index (χ1) is 10.8. The van der Waals surface area contributed by atoms with Crippen molar-refractivity contribution in [3.8, 4) is 11.3 Å². The van der Waals surface area contributed by atoms with Gasteiger partial charge in [-0.05, 0) is 31.2 Å². The highest BCUT2D eigenvalue weighted by Gasteiger charge is 2.30. The van der Waals surface area contributed by atoms with Gasteiger partial charge >= 0.3 is 6.18 Å². The molecule has 1 aromatic carbocycles. The highest BCUT2D eigenvalue weighted by molar-refractivity contribution is 5.67. The summed E-state index contributed by atoms with van der Waals surface area (Å²) < 4.78 is 40.5. The standard InChI is InChI=1S/C17H18F3N3/c1-22-8-6-12(7-9-22)16-21-15(11-23(16)2)13-4-3-5-14(10-13)17(18,19)20/h3-6,10-11H,7-9H2,1-2H3. The molecule has 0 N–H and O–H groups in total. The Hall–Kier alpha value is -2.08. The van der Waals surface area contributed by atoms with Crippen LogP contribution in [0, 0.1) is 0 Å². The van der Waals surface area contributed by atoms with Gasteiger partial charge in [-0.25, -0.2) is 4.98 Å². The van der Waals surface area contributed by atoms with E-state index in [-0.39, 0.29) is 0 Å². The molecule has 1 aliphatic heterocycles. The molecule has 6 heteroatoms. The highest BCUT2D eigenvalue weighted by atomic mass is 19.4. The molecule has 3 rings (SSSR count). The number of rotatable bonds is 2. The molecule has 0 bridgehead atoms. The van der Waals surface area contributed by atoms with Gasteiger partial charge in [0.1, 0.15) is 5.82 Å². The van der Waals surface area contributed by atoms with Gasteiger partial charge in [-0.3, -0.25) is 0 Å². The summed E-state index contributed by atoms with van der Waals surface area (Å²) in [6.45, 7) is 1.82. The minimum absolute atomic E-state index is 0.482. The molecule has 0 saturated carbocycles. The van der Waals surface area contributed by atoms with Crippen LogP contribution in [0.25, 0.3) is 16.8 Å². The Morgan fingerprint density at radius 1 is 1.17 bits per heavy atom. The van der Waals surface area contributed by atoms with E-state index in [1.54, 1.807) is 12.3 Å². The minimum Gasteiger partial charge on any atom is -0.334 e. The lowest BCUT2D eigenvalue weighted by molar-refractivity contribution is -0.137. The molecule has 0 fully saturated rings. The normalized spacial score (nSPS) is 16.5. The molecule has 122 valence electrons. The SMILES string of the molecule is CN1CC=C(c2nc(-c3cccc(C(F)(F)F)c3)cn2C)CC1. The van der Waals surface area contributed by atoms with E-state index in [2.05, 4.69) is 23.0 Å². The maximum absolute atomic E-state index is 12.9. The lowest BCUT2D eigenvalue weighted by Gasteiger charge is -2.21. The average Bonchev–Trinajstić information content (AvgIpc) is 2.89. The summed E-state index contributed by atoms with van der Waals surface area (Å²) in [5.41, 5.74) is 1.54. The molecule has 1 aliphatic rings. The van der Waals surface area contributed by atoms with Crippen LogP contribution in [0.2, 0.25) is 0 Å². The van der Waals surface area contributed by atoms with E-state index < -0.39 is 11.7 Å². The monoisotopic (exact) mass is 321 g/mol. The number of imidazole rings is 1. The van der Waals surface area contributed by atoms with Gasteiger partial charge < -0.3 is 9.47 Å². The molecule has 23 heavy (non-hydrogen) atoms. The van der Waals surface area contributed by atoms with Crippen LogP contribution >= 0.6 is 0 Å². The number of alkyl halides is 3. The van der Waals surface area contributed by atoms with Crippen molar-refractivity contribution < 1.29 is 13.2 Å². The second-order valence-electron chi connectivity index (χ2n) is 5.88. The third kappa shape index (κ3) is 3.32. The van der Waals surface area contributed by atoms with Crippen LogP contribution in [0.5, 0.6) is 0 Å². The first kappa shape index (κ1) is 15.8. The number of nitrogens with zero attached hydrogens (tertiary/aromatic N) is 3. The Morgan fingerprint density at radius 3 is 2.61 bits per heavy atom. The fourth-order valence-electron chi connectivity index (χ4n) is 2.73. The van der Waals surface area contributed by atoms with Crippen molar-refractivity contribution >= 4 is 5.57 Å². The van der Waals surface area contributed by atoms with Gasteiger partial charge in [0.25, 0.3) is 0 Å². The summed E-state index contributed by atoms with van der Waals surface area (Å²) in [6, 6.07) is 5.30. The van der Waals surface area contributed by atoms with E-state index in [1.807, 2.05) is 11.6 Å². The first-order valence-electron chi connectivity index (χ1n) is 7.43. The van der Waals surface area contributed by atoms with Gasteiger partial charge in [0, 0.05) is 31.9 Å². The Kier molecular flexibility index (Phi) is 4.02. The van der Waals surface area contributed by atoms with Crippen molar-refractivity contribution in [2.75, 3.05) is 20.1 Å². The molecule has 0 aliphatic carbocycles. The topological polar surface area (TPSA) is 21.1 Å². The number of hydrogen-bond donors (Lipinski definition) is 0. The molecular weight excluding hydrogens is 303 g/mol. The van der Waals surface area contributed by atoms with Crippen LogP contribution in [0.4, 0.5) is 13.2 Å². The molecule has 3 nitrogen and oxygen atoms in total. The lowest BCUT2D eigenvalue weighted by atomic mass is 10.1. The van der Waals surface area contributed by atoms with E-state index in [0.717, 1.165) is 43.0 Å². The molecule has 0 atom stereocenters. The fraction of sp³-hybridized carbons (Fsp3) is 0.353. The highest BCUT2D eigenvalue weighted by Crippen LogP contribution is 2.32. The van der Waals surface area contributed by atoms with Crippen molar-refractivity contribution in [2.24, 2.45) is 7.05 Å². The summed E-state index contributed by atoms with van der Waals surface area (Å²) in [7, 11) is 3.93. The van der Waals surface area contributed by atoms with Gasteiger partial charge in [0.05, 0.1) is 11.3 Å². The largest absolute Gasteiger partial charge is 0.416 e. The van der Waals surface area contributed by atoms with Crippen LogP contribution in [0.3, 0.4) is 0 Å². The zero-order chi connectivity index (χ0) is 16.6. The van der Waals surface area contributed by atoms with Crippen molar-refractivity contribution in [2.45, 2.75) is 12.6 Å². The number of benzene rings is 1. The Balaban J connectivity index is 1.95. The smallest absolute Gasteiger partial charge is 0.334 e. The number of halogens is 3. The second-order valence-corrected chi connectivity index (χ2v) is 5.88. The molecule has 0 unspecified atom stereocenters. The van der Waals surface area contributed by atoms with Crippen LogP contribution in [-0.2, 0) is 13.2 Å². The van der Waals surface area contributed by atoms with Crippen molar-refractivity contribution in [3.63, 3.8) is 0 Å². The molecule has 2 heterocycles. The van der Waals surface area contributed by atoms with Gasteiger partial charge in [0.2, 0.25) is 0 Å². The van der Waals surface area contributed by atoms with Gasteiger partial charge in [-0.2, -0.15) is 13.2 Å². The van der Waals surface area contributed by atoms with Gasteiger partial charge in [-0.15, -0.1) is 0 Å². The molecule has 1 aromatic heterocycles. The Labute approximate surface area is 133 Å². The zero-order valence-electron chi connectivity index (χ0n) is 13.1. The van der Waals surface area contributed by atoms with Crippen molar-refractivity contribution in [1.82, 2.24) is 14.5 Å². The predicted molar refractivity (Wildman–Crippen MR) is 83.7 cm³/mol. The van der Waals surface area contributed by atoms with Crippen LogP contribution < -0.4 is 0 Å². The molecule has 0 radical (unpaired) electrons. The molecule has 0 saturated heterocycles. The van der Waals surface area contributed by atoms with E-state index in [0.29, 0.717) is 11.3 Å². The quantitative estimate of drug-likeness (QED) is 0.838. The third-order valence-corrected chi connectivity index (χ3v) is 4.06. The summed E-state index contributed by atoms with van der Waals surface area (Å²) in [6.07, 6.45) is 0.458. The second kappa shape index (κ2) is 5.85. The van der Waals surface area contributed by atoms with E-state index >= 15 is 0 Å². The van der Waals surface area contributed by atoms with Gasteiger partial charge in [0.15, 0.2) is 0 Å². The third-order valence-electron chi connectivity index (χ3n) is 4.06. The van der Waals surface area contributed by atoms with Crippen LogP contribution in [0.15, 0.2) is 36.5 Å². The van der Waals surface area contributed by atoms with Crippen LogP contribution in [0.1, 0.15) is 17.8 Å². The molecular formula is C17H18F3N3. The zero-order valence-corrected chi connectivity index (χ0v) is 13.1. The number of aryl methyl sites for hydroxylation is 1. The Bertz CT molecular complexity index is 744. The van der Waals surface area contributed by atoms with Crippen molar-refractivity contribution in [1.29, 1.82) is 0 Å². The molecule has 0 amide bonds. The molecule has 0 spiro atoms. The number of aromatic nitrogens is 2. The maximum atomic E-state index is 12.9. The summed E-state index contributed by atoms with van der Waals surface area (Å²) in [4.78, 5) is 6.77. The number of hydrogen-bond acceptors (Lipinski definition) is 2. The lowest BCUT2D eigenvalue weighted by Crippen LogP contribution is -2.24. The van der Waals surface area contributed by atoms with E-state index in [1.165, 1.54) is 6.07 Å². The maximum Gasteiger partial charge on any atom is 0.416 e. The molecule has 2 aromatic rings. The number of likely N-dealkylation sites (N-methyl/N-ethyl adjacent to an activating group) is 1. The van der Waals surface area contributed by atoms with E-state index in [9.17, 15) is 13.2 Å².